The molecule has 3 aromatic rings. The van der Waals surface area contributed by atoms with Gasteiger partial charge < -0.3 is 9.84 Å². The molecule has 4 N–H and O–H groups in total. The van der Waals surface area contributed by atoms with Crippen LogP contribution in [0.3, 0.4) is 0 Å². The fourth-order valence-corrected chi connectivity index (χ4v) is 3.15. The summed E-state index contributed by atoms with van der Waals surface area (Å²) in [6, 6.07) is 8.59. The van der Waals surface area contributed by atoms with Crippen LogP contribution in [0.4, 0.5) is 13.2 Å². The van der Waals surface area contributed by atoms with E-state index in [9.17, 15) is 23.5 Å². The lowest BCUT2D eigenvalue weighted by Crippen LogP contribution is -2.21. The highest BCUT2D eigenvalue weighted by Crippen LogP contribution is 2.43. The predicted molar refractivity (Wildman–Crippen MR) is 105 cm³/mol. The van der Waals surface area contributed by atoms with Crippen molar-refractivity contribution >= 4 is 17.4 Å². The standard InChI is InChI=1S/C20H15ClF3N3O3/c1-30-19-16(8-12(21)9-26-19)17-14(10-2-4-13(28)5-3-10)6-11(20(22,23)24)7-15(17)18(25)27-29/h2-9,28-29H,1H3,(H2,25,27). The Hall–Kier alpha value is -3.30. The average Bonchev–Trinajstić information content (AvgIpc) is 2.72. The number of rotatable bonds is 4. The van der Waals surface area contributed by atoms with Crippen LogP contribution in [0.5, 0.6) is 11.6 Å². The number of methoxy groups -OCH3 is 1. The molecule has 0 fully saturated rings. The number of nitrogens with one attached hydrogen (secondary N) is 2. The van der Waals surface area contributed by atoms with E-state index in [0.29, 0.717) is 5.56 Å². The van der Waals surface area contributed by atoms with Crippen LogP contribution in [0.25, 0.3) is 22.3 Å². The molecule has 0 aliphatic rings. The summed E-state index contributed by atoms with van der Waals surface area (Å²) in [5.41, 5.74) is 1.05. The molecule has 0 aliphatic heterocycles. The Balaban J connectivity index is 2.48. The largest absolute Gasteiger partial charge is 0.508 e. The van der Waals surface area contributed by atoms with E-state index in [1.54, 1.807) is 5.48 Å². The SMILES string of the molecule is COc1ncc(Cl)cc1-c1c(C(=N)NO)cc(C(F)(F)F)cc1-c1ccc(O)cc1. The number of ether oxygens (including phenoxy) is 1. The number of alkyl halides is 3. The van der Waals surface area contributed by atoms with E-state index in [2.05, 4.69) is 4.98 Å². The van der Waals surface area contributed by atoms with Crippen molar-refractivity contribution in [1.29, 1.82) is 5.41 Å². The van der Waals surface area contributed by atoms with Crippen molar-refractivity contribution in [2.45, 2.75) is 6.18 Å². The Morgan fingerprint density at radius 3 is 2.37 bits per heavy atom. The lowest BCUT2D eigenvalue weighted by atomic mass is 9.88. The second-order valence-electron chi connectivity index (χ2n) is 6.19. The summed E-state index contributed by atoms with van der Waals surface area (Å²) in [6.07, 6.45) is -3.41. The van der Waals surface area contributed by atoms with Gasteiger partial charge in [-0.25, -0.2) is 4.98 Å². The molecular weight excluding hydrogens is 423 g/mol. The highest BCUT2D eigenvalue weighted by atomic mass is 35.5. The Labute approximate surface area is 174 Å². The highest BCUT2D eigenvalue weighted by molar-refractivity contribution is 6.30. The minimum Gasteiger partial charge on any atom is -0.508 e. The molecule has 0 amide bonds. The second-order valence-corrected chi connectivity index (χ2v) is 6.62. The first-order chi connectivity index (χ1) is 14.2. The zero-order chi connectivity index (χ0) is 22.1. The molecule has 10 heteroatoms. The molecule has 0 saturated carbocycles. The van der Waals surface area contributed by atoms with Gasteiger partial charge in [0.2, 0.25) is 5.88 Å². The third kappa shape index (κ3) is 4.17. The number of hydroxylamine groups is 1. The van der Waals surface area contributed by atoms with Gasteiger partial charge in [-0.1, -0.05) is 23.7 Å². The van der Waals surface area contributed by atoms with Gasteiger partial charge in [-0.05, 0) is 41.5 Å². The molecular formula is C20H15ClF3N3O3. The zero-order valence-electron chi connectivity index (χ0n) is 15.4. The molecule has 0 aliphatic carbocycles. The summed E-state index contributed by atoms with van der Waals surface area (Å²) >= 11 is 6.06. The third-order valence-electron chi connectivity index (χ3n) is 4.31. The topological polar surface area (TPSA) is 98.5 Å². The summed E-state index contributed by atoms with van der Waals surface area (Å²) < 4.78 is 46.0. The van der Waals surface area contributed by atoms with Crippen molar-refractivity contribution in [3.8, 4) is 33.9 Å². The number of hydrogen-bond donors (Lipinski definition) is 4. The van der Waals surface area contributed by atoms with Crippen molar-refractivity contribution in [1.82, 2.24) is 10.5 Å². The number of phenolic OH excluding ortho intramolecular Hbond substituents is 1. The lowest BCUT2D eigenvalue weighted by molar-refractivity contribution is -0.137. The molecule has 2 aromatic carbocycles. The van der Waals surface area contributed by atoms with Crippen LogP contribution < -0.4 is 10.2 Å². The molecule has 3 rings (SSSR count). The summed E-state index contributed by atoms with van der Waals surface area (Å²) in [7, 11) is 1.33. The highest BCUT2D eigenvalue weighted by Gasteiger charge is 2.33. The normalized spacial score (nSPS) is 11.3. The smallest absolute Gasteiger partial charge is 0.416 e. The van der Waals surface area contributed by atoms with Gasteiger partial charge in [0.15, 0.2) is 0 Å². The first-order valence-corrected chi connectivity index (χ1v) is 8.77. The maximum absolute atomic E-state index is 13.6. The van der Waals surface area contributed by atoms with E-state index < -0.39 is 17.6 Å². The van der Waals surface area contributed by atoms with Gasteiger partial charge in [0, 0.05) is 22.9 Å². The Kier molecular flexibility index (Phi) is 5.86. The van der Waals surface area contributed by atoms with Crippen LogP contribution in [-0.2, 0) is 6.18 Å². The van der Waals surface area contributed by atoms with E-state index in [1.807, 2.05) is 0 Å². The quantitative estimate of drug-likeness (QED) is 0.258. The molecule has 0 atom stereocenters. The van der Waals surface area contributed by atoms with Gasteiger partial charge in [0.05, 0.1) is 17.7 Å². The van der Waals surface area contributed by atoms with E-state index in [-0.39, 0.29) is 38.9 Å². The van der Waals surface area contributed by atoms with E-state index >= 15 is 0 Å². The summed E-state index contributed by atoms with van der Waals surface area (Å²) in [6.45, 7) is 0. The van der Waals surface area contributed by atoms with Crippen LogP contribution in [0.2, 0.25) is 5.02 Å². The zero-order valence-corrected chi connectivity index (χ0v) is 16.1. The minimum atomic E-state index is -4.72. The number of aromatic nitrogens is 1. The van der Waals surface area contributed by atoms with E-state index in [0.717, 1.165) is 12.1 Å². The molecule has 0 spiro atoms. The van der Waals surface area contributed by atoms with Crippen LogP contribution in [0.1, 0.15) is 11.1 Å². The molecule has 0 saturated heterocycles. The molecule has 1 heterocycles. The number of pyridine rings is 1. The number of phenols is 1. The fraction of sp³-hybridized carbons (Fsp3) is 0.100. The molecule has 0 unspecified atom stereocenters. The van der Waals surface area contributed by atoms with E-state index in [1.165, 1.54) is 43.6 Å². The van der Waals surface area contributed by atoms with Crippen molar-refractivity contribution in [3.63, 3.8) is 0 Å². The maximum Gasteiger partial charge on any atom is 0.416 e. The van der Waals surface area contributed by atoms with E-state index in [4.69, 9.17) is 21.7 Å². The first kappa shape index (κ1) is 21.4. The third-order valence-corrected chi connectivity index (χ3v) is 4.51. The second kappa shape index (κ2) is 8.21. The Morgan fingerprint density at radius 2 is 1.80 bits per heavy atom. The monoisotopic (exact) mass is 437 g/mol. The van der Waals surface area contributed by atoms with Gasteiger partial charge in [-0.2, -0.15) is 13.2 Å². The van der Waals surface area contributed by atoms with Crippen molar-refractivity contribution in [2.75, 3.05) is 7.11 Å². The van der Waals surface area contributed by atoms with Gasteiger partial charge >= 0.3 is 6.18 Å². The van der Waals surface area contributed by atoms with Crippen molar-refractivity contribution in [2.24, 2.45) is 0 Å². The van der Waals surface area contributed by atoms with Crippen LogP contribution in [0, 0.1) is 5.41 Å². The van der Waals surface area contributed by atoms with Gasteiger partial charge in [-0.3, -0.25) is 16.1 Å². The Bertz CT molecular complexity index is 1100. The number of amidine groups is 1. The summed E-state index contributed by atoms with van der Waals surface area (Å²) in [5.74, 6) is -0.677. The number of hydrogen-bond acceptors (Lipinski definition) is 5. The number of aromatic hydroxyl groups is 1. The molecule has 0 radical (unpaired) electrons. The Morgan fingerprint density at radius 1 is 1.13 bits per heavy atom. The predicted octanol–water partition coefficient (Wildman–Crippen LogP) is 5.11. The van der Waals surface area contributed by atoms with Crippen LogP contribution >= 0.6 is 11.6 Å². The van der Waals surface area contributed by atoms with Crippen LogP contribution in [-0.4, -0.2) is 28.2 Å². The van der Waals surface area contributed by atoms with Gasteiger partial charge in [-0.15, -0.1) is 0 Å². The van der Waals surface area contributed by atoms with Crippen molar-refractivity contribution in [3.05, 3.63) is 64.8 Å². The molecule has 30 heavy (non-hydrogen) atoms. The van der Waals surface area contributed by atoms with Crippen LogP contribution in [0.15, 0.2) is 48.7 Å². The molecule has 6 nitrogen and oxygen atoms in total. The van der Waals surface area contributed by atoms with Gasteiger partial charge in [0.1, 0.15) is 11.6 Å². The lowest BCUT2D eigenvalue weighted by Gasteiger charge is -2.20. The number of halogens is 4. The minimum absolute atomic E-state index is 0.0613. The molecule has 156 valence electrons. The maximum atomic E-state index is 13.6. The summed E-state index contributed by atoms with van der Waals surface area (Å²) in [4.78, 5) is 4.05. The molecule has 1 aromatic heterocycles. The molecule has 0 bridgehead atoms. The number of benzene rings is 2. The first-order valence-electron chi connectivity index (χ1n) is 8.39. The fourth-order valence-electron chi connectivity index (χ4n) is 2.99. The summed E-state index contributed by atoms with van der Waals surface area (Å²) in [5, 5.41) is 27.0. The van der Waals surface area contributed by atoms with Crippen molar-refractivity contribution < 1.29 is 28.2 Å². The average molecular weight is 438 g/mol. The van der Waals surface area contributed by atoms with Gasteiger partial charge in [0.25, 0.3) is 0 Å². The number of nitrogens with zero attached hydrogens (tertiary/aromatic N) is 1.